The van der Waals surface area contributed by atoms with Crippen molar-refractivity contribution in [2.24, 2.45) is 11.8 Å². The van der Waals surface area contributed by atoms with Gasteiger partial charge in [-0.3, -0.25) is 38.6 Å². The van der Waals surface area contributed by atoms with Gasteiger partial charge in [0.25, 0.3) is 11.1 Å². The second-order valence-corrected chi connectivity index (χ2v) is 20.1. The number of piperidine rings is 2. The van der Waals surface area contributed by atoms with Gasteiger partial charge in [0.1, 0.15) is 11.5 Å². The van der Waals surface area contributed by atoms with Crippen LogP contribution in [0.4, 0.5) is 0 Å². The third-order valence-electron chi connectivity index (χ3n) is 15.4. The molecule has 4 N–H and O–H groups in total. The molecular weight excluding hydrogens is 964 g/mol. The molecule has 18 heteroatoms. The van der Waals surface area contributed by atoms with Crippen molar-refractivity contribution in [1.29, 1.82) is 0 Å². The first-order valence-corrected chi connectivity index (χ1v) is 26.1. The number of nitrogens with one attached hydrogen (secondary N) is 2. The standard InChI is InChI=1S/C30H39N3O5.C28H35N3O5.Li.H2O/c1-6-38-28(35)18-32-15-13-22(14-16-32)20(3)33-21(4)29(23-9-7-8-10-25(23)33)26(34)12-11-24-27(37-5)17-19(2)31-30(24)36;1-17-15-25(36-4)22(28(35)29-17)9-10-24(32)27-19(3)31(23-8-6-5-7-21(23)27)18(2)20-11-13-30(14-12-20)16-26(33)34;;/h7-10,17,20,22H,6,11-16,18H2,1-5H3,(H,31,36);5-8,15,18,20H,9-14,16H2,1-4H3,(H,29,35)(H,33,34);;1H2/q;;+1;/p-1. The number of pyridine rings is 2. The number of methoxy groups -OCH3 is 2. The van der Waals surface area contributed by atoms with Crippen molar-refractivity contribution < 1.29 is 62.8 Å². The number of likely N-dealkylation sites (tertiary alicyclic amines) is 2. The number of nitrogens with zero attached hydrogens (tertiary/aromatic N) is 4. The summed E-state index contributed by atoms with van der Waals surface area (Å²) in [6.45, 7) is 18.0. The Labute approximate surface area is 456 Å². The average Bonchev–Trinajstić information content (AvgIpc) is 3.84. The number of para-hydroxylation sites is 2. The van der Waals surface area contributed by atoms with Gasteiger partial charge in [-0.25, -0.2) is 0 Å². The fraction of sp³-hybridized carbons (Fsp3) is 0.483. The maximum absolute atomic E-state index is 13.6. The first kappa shape index (κ1) is 60.6. The van der Waals surface area contributed by atoms with E-state index in [9.17, 15) is 28.8 Å². The molecule has 17 nitrogen and oxygen atoms in total. The van der Waals surface area contributed by atoms with Crippen molar-refractivity contribution >= 4 is 45.3 Å². The molecule has 2 aliphatic rings. The van der Waals surface area contributed by atoms with E-state index in [4.69, 9.17) is 19.3 Å². The Morgan fingerprint density at radius 3 is 1.39 bits per heavy atom. The summed E-state index contributed by atoms with van der Waals surface area (Å²) in [5.41, 5.74) is 7.42. The van der Waals surface area contributed by atoms with Gasteiger partial charge < -0.3 is 43.9 Å². The predicted molar refractivity (Wildman–Crippen MR) is 289 cm³/mol. The number of carboxylic acid groups (broad SMARTS) is 1. The number of hydrogen-bond acceptors (Lipinski definition) is 12. The number of carbonyl (C=O) groups is 4. The number of ketones is 2. The molecule has 2 aromatic carbocycles. The number of aryl methyl sites for hydroxylation is 2. The number of aromatic amines is 2. The van der Waals surface area contributed by atoms with Gasteiger partial charge in [-0.15, -0.1) is 0 Å². The van der Waals surface area contributed by atoms with Crippen molar-refractivity contribution in [3.63, 3.8) is 0 Å². The fourth-order valence-electron chi connectivity index (χ4n) is 11.7. The van der Waals surface area contributed by atoms with Gasteiger partial charge in [0.05, 0.1) is 45.0 Å². The molecule has 0 radical (unpaired) electrons. The Bertz CT molecular complexity index is 3120. The van der Waals surface area contributed by atoms with E-state index >= 15 is 0 Å². The van der Waals surface area contributed by atoms with Gasteiger partial charge in [0.2, 0.25) is 0 Å². The first-order chi connectivity index (χ1) is 35.4. The van der Waals surface area contributed by atoms with Gasteiger partial charge in [0.15, 0.2) is 11.6 Å². The monoisotopic (exact) mass is 1040 g/mol. The number of carboxylic acids is 1. The van der Waals surface area contributed by atoms with Crippen molar-refractivity contribution in [3.8, 4) is 11.5 Å². The van der Waals surface area contributed by atoms with Gasteiger partial charge in [-0.2, -0.15) is 0 Å². The molecular formula is C58H75LiN6O11. The van der Waals surface area contributed by atoms with Crippen LogP contribution in [0, 0.1) is 39.5 Å². The molecule has 6 heterocycles. The molecule has 404 valence electrons. The number of rotatable bonds is 19. The number of benzene rings is 2. The van der Waals surface area contributed by atoms with E-state index in [1.807, 2.05) is 69.0 Å². The van der Waals surface area contributed by atoms with Crippen LogP contribution < -0.4 is 39.5 Å². The average molecular weight is 1040 g/mol. The van der Waals surface area contributed by atoms with Crippen LogP contribution in [0.2, 0.25) is 0 Å². The third-order valence-corrected chi connectivity index (χ3v) is 15.4. The Kier molecular flexibility index (Phi) is 21.7. The Morgan fingerprint density at radius 2 is 1.03 bits per heavy atom. The Morgan fingerprint density at radius 1 is 0.645 bits per heavy atom. The largest absolute Gasteiger partial charge is 1.00 e. The molecule has 2 atom stereocenters. The summed E-state index contributed by atoms with van der Waals surface area (Å²) in [5, 5.41) is 11.0. The molecule has 4 aromatic heterocycles. The van der Waals surface area contributed by atoms with E-state index < -0.39 is 5.97 Å². The van der Waals surface area contributed by atoms with Crippen LogP contribution in [-0.2, 0) is 27.2 Å². The minimum absolute atomic E-state index is 0. The molecule has 6 aromatic rings. The van der Waals surface area contributed by atoms with Crippen LogP contribution in [-0.4, -0.2) is 123 Å². The van der Waals surface area contributed by atoms with E-state index in [0.717, 1.165) is 96.3 Å². The predicted octanol–water partition coefficient (Wildman–Crippen LogP) is 5.56. The molecule has 2 unspecified atom stereocenters. The van der Waals surface area contributed by atoms with Crippen LogP contribution in [0.25, 0.3) is 21.8 Å². The van der Waals surface area contributed by atoms with Gasteiger partial charge in [-0.1, -0.05) is 36.4 Å². The molecule has 0 amide bonds. The number of hydrogen-bond donors (Lipinski definition) is 3. The zero-order valence-electron chi connectivity index (χ0n) is 46.0. The summed E-state index contributed by atoms with van der Waals surface area (Å²) in [7, 11) is 3.07. The van der Waals surface area contributed by atoms with E-state index in [1.54, 1.807) is 26.2 Å². The van der Waals surface area contributed by atoms with E-state index in [-0.39, 0.29) is 84.5 Å². The minimum Gasteiger partial charge on any atom is -0.870 e. The molecule has 0 aliphatic carbocycles. The van der Waals surface area contributed by atoms with Crippen LogP contribution in [0.15, 0.2) is 70.3 Å². The van der Waals surface area contributed by atoms with Crippen molar-refractivity contribution in [2.75, 3.05) is 60.1 Å². The topological polar surface area (TPSA) is 228 Å². The molecule has 76 heavy (non-hydrogen) atoms. The summed E-state index contributed by atoms with van der Waals surface area (Å²) in [4.78, 5) is 85.0. The number of carbonyl (C=O) groups excluding carboxylic acids is 3. The molecule has 2 saturated heterocycles. The number of fused-ring (bicyclic) bond motifs is 2. The van der Waals surface area contributed by atoms with Crippen molar-refractivity contribution in [3.05, 3.63) is 126 Å². The SMILES string of the molecule is CCOC(=O)CN1CCC(C(C)n2c(C)c(C(=O)CCc3c(OC)cc(C)[nH]c3=O)c3ccccc32)CC1.COc1cc(C)[nH]c(=O)c1CCC(=O)c1c(C)n(C(C)C2CCN(CC(=O)O)CC2)c2ccccc12.[Li+].[OH-]. The summed E-state index contributed by atoms with van der Waals surface area (Å²) >= 11 is 0. The molecule has 2 aliphatic heterocycles. The molecule has 0 bridgehead atoms. The minimum atomic E-state index is -0.790. The van der Waals surface area contributed by atoms with Crippen LogP contribution in [0.3, 0.4) is 0 Å². The zero-order chi connectivity index (χ0) is 53.4. The van der Waals surface area contributed by atoms with Crippen LogP contribution >= 0.6 is 0 Å². The zero-order valence-corrected chi connectivity index (χ0v) is 46.0. The van der Waals surface area contributed by atoms with Gasteiger partial charge in [-0.05, 0) is 149 Å². The maximum Gasteiger partial charge on any atom is 1.00 e. The summed E-state index contributed by atoms with van der Waals surface area (Å²) in [6.07, 6.45) is 4.83. The number of aromatic nitrogens is 4. The normalized spacial score (nSPS) is 15.2. The third kappa shape index (κ3) is 13.7. The number of aliphatic carboxylic acids is 1. The Balaban J connectivity index is 0.000000274. The summed E-state index contributed by atoms with van der Waals surface area (Å²) in [5.74, 6) is 0.919. The summed E-state index contributed by atoms with van der Waals surface area (Å²) in [6, 6.07) is 20.0. The van der Waals surface area contributed by atoms with E-state index in [2.05, 4.69) is 50.0 Å². The molecule has 8 rings (SSSR count). The second-order valence-electron chi connectivity index (χ2n) is 20.1. The maximum atomic E-state index is 13.6. The van der Waals surface area contributed by atoms with Crippen LogP contribution in [0.5, 0.6) is 11.5 Å². The molecule has 0 saturated carbocycles. The van der Waals surface area contributed by atoms with Gasteiger partial charge in [0, 0.05) is 80.6 Å². The first-order valence-electron chi connectivity index (χ1n) is 26.1. The van der Waals surface area contributed by atoms with Crippen molar-refractivity contribution in [2.45, 2.75) is 112 Å². The second kappa shape index (κ2) is 27.2. The van der Waals surface area contributed by atoms with E-state index in [1.165, 1.54) is 7.11 Å². The number of ether oxygens (including phenoxy) is 3. The smallest absolute Gasteiger partial charge is 0.870 e. The Hall–Kier alpha value is -6.22. The van der Waals surface area contributed by atoms with Crippen LogP contribution in [0.1, 0.15) is 126 Å². The number of H-pyrrole nitrogens is 2. The number of Topliss-reactive ketones (excluding diaryl/α,β-unsaturated/α-hetero) is 2. The molecule has 2 fully saturated rings. The number of esters is 1. The quantitative estimate of drug-likeness (QED) is 0.0514. The summed E-state index contributed by atoms with van der Waals surface area (Å²) < 4.78 is 20.5. The molecule has 0 spiro atoms. The van der Waals surface area contributed by atoms with Crippen molar-refractivity contribution in [1.82, 2.24) is 28.9 Å². The van der Waals surface area contributed by atoms with Gasteiger partial charge >= 0.3 is 30.8 Å². The fourth-order valence-corrected chi connectivity index (χ4v) is 11.7. The van der Waals surface area contributed by atoms with E-state index in [0.29, 0.717) is 71.7 Å².